The summed E-state index contributed by atoms with van der Waals surface area (Å²) >= 11 is 0. The highest BCUT2D eigenvalue weighted by molar-refractivity contribution is 7.47. The monoisotopic (exact) mass is 800 g/mol. The lowest BCUT2D eigenvalue weighted by Crippen LogP contribution is -2.46. The molecule has 3 N–H and O–H groups in total. The lowest BCUT2D eigenvalue weighted by Gasteiger charge is -2.26. The average Bonchev–Trinajstić information content (AvgIpc) is 3.13. The average molecular weight is 800 g/mol. The molecule has 0 saturated heterocycles. The van der Waals surface area contributed by atoms with Crippen LogP contribution in [-0.2, 0) is 18.4 Å². The minimum Gasteiger partial charge on any atom is -0.391 e. The number of rotatable bonds is 42. The summed E-state index contributed by atoms with van der Waals surface area (Å²) in [6.07, 6.45) is 45.1. The van der Waals surface area contributed by atoms with Crippen LogP contribution in [0.5, 0.6) is 0 Å². The van der Waals surface area contributed by atoms with E-state index < -0.39 is 20.0 Å². The first-order valence-electron chi connectivity index (χ1n) is 23.2. The van der Waals surface area contributed by atoms with Gasteiger partial charge in [-0.05, 0) is 44.9 Å². The van der Waals surface area contributed by atoms with Crippen molar-refractivity contribution in [3.8, 4) is 0 Å². The minimum atomic E-state index is -4.30. The van der Waals surface area contributed by atoms with E-state index in [9.17, 15) is 19.4 Å². The topological polar surface area (TPSA) is 105 Å². The number of phosphoric ester groups is 1. The van der Waals surface area contributed by atoms with E-state index >= 15 is 0 Å². The predicted molar refractivity (Wildman–Crippen MR) is 235 cm³/mol. The quantitative estimate of drug-likeness (QED) is 0.0246. The number of aliphatic hydroxyl groups is 1. The first kappa shape index (κ1) is 54.0. The van der Waals surface area contributed by atoms with Crippen LogP contribution in [0, 0.1) is 0 Å². The van der Waals surface area contributed by atoms with Crippen molar-refractivity contribution in [3.63, 3.8) is 0 Å². The number of allylic oxidation sites excluding steroid dienone is 4. The van der Waals surface area contributed by atoms with Crippen LogP contribution in [0.15, 0.2) is 24.3 Å². The lowest BCUT2D eigenvalue weighted by molar-refractivity contribution is -0.870. The van der Waals surface area contributed by atoms with Gasteiger partial charge in [0, 0.05) is 6.42 Å². The van der Waals surface area contributed by atoms with Gasteiger partial charge in [0.1, 0.15) is 13.2 Å². The number of carbonyl (C=O) groups is 1. The number of likely N-dealkylation sites (N-methyl/N-ethyl adjacent to an activating group) is 1. The molecule has 0 spiro atoms. The van der Waals surface area contributed by atoms with Crippen LogP contribution < -0.4 is 5.32 Å². The first-order chi connectivity index (χ1) is 26.5. The van der Waals surface area contributed by atoms with Gasteiger partial charge in [-0.3, -0.25) is 13.8 Å². The van der Waals surface area contributed by atoms with Gasteiger partial charge in [0.15, 0.2) is 0 Å². The smallest absolute Gasteiger partial charge is 0.391 e. The van der Waals surface area contributed by atoms with Crippen LogP contribution in [0.1, 0.15) is 213 Å². The normalized spacial score (nSPS) is 14.5. The van der Waals surface area contributed by atoms with Crippen LogP contribution in [-0.4, -0.2) is 73.4 Å². The minimum absolute atomic E-state index is 0.0751. The molecule has 55 heavy (non-hydrogen) atoms. The summed E-state index contributed by atoms with van der Waals surface area (Å²) in [4.78, 5) is 23.1. The molecule has 0 heterocycles. The molecule has 0 aliphatic carbocycles. The van der Waals surface area contributed by atoms with Crippen LogP contribution >= 0.6 is 7.82 Å². The molecular formula is C46H92N2O6P+. The fourth-order valence-corrected chi connectivity index (χ4v) is 7.46. The molecule has 0 aromatic carbocycles. The summed E-state index contributed by atoms with van der Waals surface area (Å²) in [5.74, 6) is -0.148. The molecule has 9 heteroatoms. The molecular weight excluding hydrogens is 707 g/mol. The van der Waals surface area contributed by atoms with E-state index in [0.29, 0.717) is 23.9 Å². The fourth-order valence-electron chi connectivity index (χ4n) is 6.72. The van der Waals surface area contributed by atoms with Crippen LogP contribution in [0.3, 0.4) is 0 Å². The number of carbonyl (C=O) groups excluding carboxylic acids is 1. The van der Waals surface area contributed by atoms with Gasteiger partial charge in [0.2, 0.25) is 5.91 Å². The first-order valence-corrected chi connectivity index (χ1v) is 24.7. The maximum absolute atomic E-state index is 12.8. The van der Waals surface area contributed by atoms with E-state index in [1.165, 1.54) is 141 Å². The van der Waals surface area contributed by atoms with Crippen molar-refractivity contribution in [2.45, 2.75) is 225 Å². The maximum Gasteiger partial charge on any atom is 0.472 e. The second-order valence-corrected chi connectivity index (χ2v) is 18.6. The Morgan fingerprint density at radius 2 is 1.04 bits per heavy atom. The summed E-state index contributed by atoms with van der Waals surface area (Å²) in [5, 5.41) is 13.9. The van der Waals surface area contributed by atoms with Gasteiger partial charge < -0.3 is 19.8 Å². The van der Waals surface area contributed by atoms with Crippen molar-refractivity contribution in [1.82, 2.24) is 5.32 Å². The van der Waals surface area contributed by atoms with Crippen molar-refractivity contribution >= 4 is 13.7 Å². The molecule has 8 nitrogen and oxygen atoms in total. The Kier molecular flexibility index (Phi) is 37.8. The largest absolute Gasteiger partial charge is 0.472 e. The molecule has 326 valence electrons. The zero-order chi connectivity index (χ0) is 40.7. The fraction of sp³-hybridized carbons (Fsp3) is 0.891. The standard InChI is InChI=1S/C46H91N2O6P/c1-6-8-10-12-14-16-17-18-19-20-21-22-23-24-25-26-27-28-29-30-31-32-34-36-38-40-46(50)47-44(43-54-55(51,52)53-42-41-48(3,4)5)45(49)39-37-35-33-15-13-11-9-7-2/h17-18,20-21,44-45,49H,6-16,19,22-43H2,1-5H3,(H-,47,50,51,52)/p+1/b18-17-,21-20-. The Labute approximate surface area is 341 Å². The maximum atomic E-state index is 12.8. The van der Waals surface area contributed by atoms with E-state index in [1.54, 1.807) is 0 Å². The molecule has 1 amide bonds. The zero-order valence-corrected chi connectivity index (χ0v) is 37.8. The molecule has 0 aliphatic rings. The number of nitrogens with zero attached hydrogens (tertiary/aromatic N) is 1. The Bertz CT molecular complexity index is 953. The summed E-state index contributed by atoms with van der Waals surface area (Å²) in [5.41, 5.74) is 0. The number of quaternary nitrogens is 1. The number of nitrogens with one attached hydrogen (secondary N) is 1. The molecule has 0 radical (unpaired) electrons. The van der Waals surface area contributed by atoms with Crippen molar-refractivity contribution < 1.29 is 32.9 Å². The second kappa shape index (κ2) is 38.5. The van der Waals surface area contributed by atoms with Gasteiger partial charge >= 0.3 is 7.82 Å². The highest BCUT2D eigenvalue weighted by Gasteiger charge is 2.28. The van der Waals surface area contributed by atoms with E-state index in [4.69, 9.17) is 9.05 Å². The van der Waals surface area contributed by atoms with E-state index in [1.807, 2.05) is 21.1 Å². The molecule has 3 unspecified atom stereocenters. The second-order valence-electron chi connectivity index (χ2n) is 17.1. The summed E-state index contributed by atoms with van der Waals surface area (Å²) in [7, 11) is 1.62. The highest BCUT2D eigenvalue weighted by Crippen LogP contribution is 2.43. The van der Waals surface area contributed by atoms with Gasteiger partial charge in [0.25, 0.3) is 0 Å². The number of hydrogen-bond acceptors (Lipinski definition) is 5. The van der Waals surface area contributed by atoms with Crippen molar-refractivity contribution in [2.24, 2.45) is 0 Å². The number of phosphoric acid groups is 1. The molecule has 3 atom stereocenters. The van der Waals surface area contributed by atoms with E-state index in [2.05, 4.69) is 43.5 Å². The Morgan fingerprint density at radius 1 is 0.618 bits per heavy atom. The van der Waals surface area contributed by atoms with E-state index in [-0.39, 0.29) is 19.1 Å². The lowest BCUT2D eigenvalue weighted by atomic mass is 10.0. The third kappa shape index (κ3) is 41.0. The molecule has 0 fully saturated rings. The predicted octanol–water partition coefficient (Wildman–Crippen LogP) is 12.9. The van der Waals surface area contributed by atoms with Gasteiger partial charge in [0.05, 0.1) is 39.9 Å². The van der Waals surface area contributed by atoms with Crippen molar-refractivity contribution in [2.75, 3.05) is 40.9 Å². The summed E-state index contributed by atoms with van der Waals surface area (Å²) < 4.78 is 23.5. The number of aliphatic hydroxyl groups excluding tert-OH is 1. The molecule has 0 aromatic heterocycles. The Balaban J connectivity index is 4.08. The SMILES string of the molecule is CCCCCCC/C=C\C/C=C\CCCCCCCCCCCCCCCC(=O)NC(COP(=O)(O)OCC[N+](C)(C)C)C(O)CCCCCCCCCC. The summed E-state index contributed by atoms with van der Waals surface area (Å²) in [6, 6.07) is -0.756. The highest BCUT2D eigenvalue weighted by atomic mass is 31.2. The molecule has 0 rings (SSSR count). The van der Waals surface area contributed by atoms with Crippen molar-refractivity contribution in [1.29, 1.82) is 0 Å². The molecule has 0 bridgehead atoms. The van der Waals surface area contributed by atoms with Gasteiger partial charge in [-0.2, -0.15) is 0 Å². The van der Waals surface area contributed by atoms with Crippen LogP contribution in [0.4, 0.5) is 0 Å². The van der Waals surface area contributed by atoms with Gasteiger partial charge in [-0.15, -0.1) is 0 Å². The van der Waals surface area contributed by atoms with Gasteiger partial charge in [-0.1, -0.05) is 186 Å². The zero-order valence-electron chi connectivity index (χ0n) is 36.9. The third-order valence-corrected chi connectivity index (χ3v) is 11.4. The Hall–Kier alpha value is -1.02. The van der Waals surface area contributed by atoms with E-state index in [0.717, 1.165) is 44.9 Å². The van der Waals surface area contributed by atoms with Gasteiger partial charge in [-0.25, -0.2) is 4.57 Å². The summed E-state index contributed by atoms with van der Waals surface area (Å²) in [6.45, 7) is 4.84. The van der Waals surface area contributed by atoms with Crippen LogP contribution in [0.2, 0.25) is 0 Å². The Morgan fingerprint density at radius 3 is 1.49 bits per heavy atom. The number of hydrogen-bond donors (Lipinski definition) is 3. The van der Waals surface area contributed by atoms with Crippen molar-refractivity contribution in [3.05, 3.63) is 24.3 Å². The molecule has 0 aliphatic heterocycles. The molecule has 0 aromatic rings. The third-order valence-electron chi connectivity index (χ3n) is 10.5. The number of amides is 1. The molecule has 0 saturated carbocycles. The number of unbranched alkanes of at least 4 members (excludes halogenated alkanes) is 25. The van der Waals surface area contributed by atoms with Crippen LogP contribution in [0.25, 0.3) is 0 Å².